The van der Waals surface area contributed by atoms with Crippen LogP contribution in [0.25, 0.3) is 44.4 Å². The molecule has 8 aromatic heterocycles. The van der Waals surface area contributed by atoms with E-state index in [-0.39, 0.29) is 6.04 Å². The third-order valence-electron chi connectivity index (χ3n) is 10.3. The molecule has 0 spiro atoms. The van der Waals surface area contributed by atoms with Gasteiger partial charge < -0.3 is 9.13 Å². The van der Waals surface area contributed by atoms with Gasteiger partial charge >= 0.3 is 0 Å². The van der Waals surface area contributed by atoms with E-state index in [2.05, 4.69) is 146 Å². The normalized spacial score (nSPS) is 11.6. The molecule has 8 rings (SSSR count). The van der Waals surface area contributed by atoms with E-state index in [0.29, 0.717) is 18.1 Å². The standard InChI is InChI=1S/C13H19N3.2C11H16N4.C9H13N5/c1-7(2)16-10(5)8(3)12-9(4)14-11(6)15-13(12)16;1-6(2)15-9(5)14-10-7(3)12-8(4)13-11(10)15;1-6(2)15-11-10(8(4)14-15)7(3)12-9(5)13-11;1-5(2)14-9-8(12-13-14)6(3)10-7(4)11-9/h7H,1-6H3;2*6H,1-5H3;5H,1-4H3. The van der Waals surface area contributed by atoms with E-state index >= 15 is 0 Å². The van der Waals surface area contributed by atoms with Gasteiger partial charge in [0.25, 0.3) is 0 Å². The zero-order valence-corrected chi connectivity index (χ0v) is 39.5. The van der Waals surface area contributed by atoms with Gasteiger partial charge in [-0.3, -0.25) is 0 Å². The molecule has 8 heterocycles. The van der Waals surface area contributed by atoms with Crippen LogP contribution in [-0.2, 0) is 0 Å². The van der Waals surface area contributed by atoms with Crippen LogP contribution >= 0.6 is 0 Å². The van der Waals surface area contributed by atoms with Crippen molar-refractivity contribution in [3.8, 4) is 0 Å². The number of nitrogens with zero attached hydrogens (tertiary/aromatic N) is 16. The van der Waals surface area contributed by atoms with Crippen molar-refractivity contribution < 1.29 is 0 Å². The highest BCUT2D eigenvalue weighted by molar-refractivity contribution is 5.84. The monoisotopic (exact) mass is 817 g/mol. The number of imidazole rings is 1. The molecule has 0 fully saturated rings. The molecule has 60 heavy (non-hydrogen) atoms. The fourth-order valence-corrected chi connectivity index (χ4v) is 7.79. The molecule has 16 heteroatoms. The van der Waals surface area contributed by atoms with Crippen molar-refractivity contribution in [3.05, 3.63) is 68.8 Å². The zero-order chi connectivity index (χ0) is 44.7. The summed E-state index contributed by atoms with van der Waals surface area (Å²) in [5, 5.41) is 14.9. The van der Waals surface area contributed by atoms with E-state index in [1.54, 1.807) is 0 Å². The minimum Gasteiger partial charge on any atom is -0.327 e. The molecule has 0 N–H and O–H groups in total. The summed E-state index contributed by atoms with van der Waals surface area (Å²) in [5.41, 5.74) is 13.1. The molecule has 0 aliphatic carbocycles. The molecule has 0 aliphatic heterocycles. The van der Waals surface area contributed by atoms with E-state index in [9.17, 15) is 0 Å². The molecule has 8 aromatic rings. The van der Waals surface area contributed by atoms with E-state index in [0.717, 1.165) is 96.6 Å². The number of aromatic nitrogens is 16. The van der Waals surface area contributed by atoms with Crippen molar-refractivity contribution in [2.24, 2.45) is 0 Å². The molecule has 0 aliphatic rings. The Hall–Kier alpha value is -5.80. The Morgan fingerprint density at radius 2 is 0.817 bits per heavy atom. The Labute approximate surface area is 353 Å². The van der Waals surface area contributed by atoms with E-state index < -0.39 is 0 Å². The van der Waals surface area contributed by atoms with Crippen LogP contribution < -0.4 is 0 Å². The first kappa shape index (κ1) is 45.3. The van der Waals surface area contributed by atoms with Gasteiger partial charge in [-0.15, -0.1) is 5.10 Å². The number of hydrogen-bond acceptors (Lipinski definition) is 12. The third kappa shape index (κ3) is 9.02. The average Bonchev–Trinajstić information content (AvgIpc) is 3.86. The van der Waals surface area contributed by atoms with Gasteiger partial charge in [0.05, 0.1) is 39.9 Å². The number of fused-ring (bicyclic) bond motifs is 4. The third-order valence-corrected chi connectivity index (χ3v) is 10.3. The van der Waals surface area contributed by atoms with Gasteiger partial charge in [0, 0.05) is 29.2 Å². The Balaban J connectivity index is 0.000000152. The largest absolute Gasteiger partial charge is 0.327 e. The van der Waals surface area contributed by atoms with Gasteiger partial charge in [-0.1, -0.05) is 5.21 Å². The Bertz CT molecular complexity index is 2800. The van der Waals surface area contributed by atoms with Crippen LogP contribution in [0.5, 0.6) is 0 Å². The van der Waals surface area contributed by atoms with Crippen molar-refractivity contribution in [3.63, 3.8) is 0 Å². The summed E-state index contributed by atoms with van der Waals surface area (Å²) in [6.07, 6.45) is 0. The highest BCUT2D eigenvalue weighted by Gasteiger charge is 2.18. The molecule has 0 saturated carbocycles. The second-order valence-corrected chi connectivity index (χ2v) is 16.7. The predicted octanol–water partition coefficient (Wildman–Crippen LogP) is 9.33. The fraction of sp³-hybridized carbons (Fsp3) is 0.545. The first-order valence-corrected chi connectivity index (χ1v) is 20.8. The summed E-state index contributed by atoms with van der Waals surface area (Å²) in [6, 6.07) is 1.41. The van der Waals surface area contributed by atoms with Gasteiger partial charge in [0.15, 0.2) is 22.5 Å². The number of rotatable bonds is 4. The van der Waals surface area contributed by atoms with Crippen molar-refractivity contribution in [1.82, 2.24) is 78.8 Å². The van der Waals surface area contributed by atoms with Crippen molar-refractivity contribution in [2.75, 3.05) is 0 Å². The molecular formula is C44H64N16. The highest BCUT2D eigenvalue weighted by Crippen LogP contribution is 2.29. The first-order valence-electron chi connectivity index (χ1n) is 20.8. The smallest absolute Gasteiger partial charge is 0.182 e. The molecule has 0 amide bonds. The lowest BCUT2D eigenvalue weighted by atomic mass is 10.2. The van der Waals surface area contributed by atoms with Gasteiger partial charge in [-0.05, 0) is 144 Å². The fourth-order valence-electron chi connectivity index (χ4n) is 7.79. The van der Waals surface area contributed by atoms with Crippen LogP contribution in [0.15, 0.2) is 0 Å². The minimum atomic E-state index is 0.272. The molecule has 0 atom stereocenters. The second-order valence-electron chi connectivity index (χ2n) is 16.7. The summed E-state index contributed by atoms with van der Waals surface area (Å²) >= 11 is 0. The summed E-state index contributed by atoms with van der Waals surface area (Å²) in [4.78, 5) is 39.8. The molecule has 0 radical (unpaired) electrons. The molecule has 0 saturated heterocycles. The Kier molecular flexibility index (Phi) is 13.4. The maximum absolute atomic E-state index is 4.59. The van der Waals surface area contributed by atoms with Crippen LogP contribution in [0.3, 0.4) is 0 Å². The second kappa shape index (κ2) is 17.8. The SMILES string of the molecule is Cc1nc(C)c2c(C)c(C)n(C(C)C)c2n1.Cc1nc(C)c2c(C)nn(C(C)C)c2n1.Cc1nc(C)c2nc(C)n(C(C)C)c2n1.Cc1nc(C)c2nnn(C(C)C)c2n1. The van der Waals surface area contributed by atoms with E-state index in [1.807, 2.05) is 71.7 Å². The lowest BCUT2D eigenvalue weighted by Gasteiger charge is -2.11. The van der Waals surface area contributed by atoms with Crippen LogP contribution in [-0.4, -0.2) is 78.8 Å². The molecular weight excluding hydrogens is 753 g/mol. The van der Waals surface area contributed by atoms with E-state index in [1.165, 1.54) is 16.6 Å². The summed E-state index contributed by atoms with van der Waals surface area (Å²) in [6.45, 7) is 41.0. The van der Waals surface area contributed by atoms with Crippen LogP contribution in [0.2, 0.25) is 0 Å². The maximum atomic E-state index is 4.59. The Morgan fingerprint density at radius 1 is 0.367 bits per heavy atom. The number of aryl methyl sites for hydroxylation is 11. The summed E-state index contributed by atoms with van der Waals surface area (Å²) in [7, 11) is 0. The van der Waals surface area contributed by atoms with Crippen molar-refractivity contribution in [1.29, 1.82) is 0 Å². The summed E-state index contributed by atoms with van der Waals surface area (Å²) in [5.74, 6) is 4.23. The molecule has 0 bridgehead atoms. The molecule has 16 nitrogen and oxygen atoms in total. The quantitative estimate of drug-likeness (QED) is 0.165. The van der Waals surface area contributed by atoms with Crippen molar-refractivity contribution in [2.45, 2.75) is 163 Å². The summed E-state index contributed by atoms with van der Waals surface area (Å²) < 4.78 is 8.23. The molecule has 0 unspecified atom stereocenters. The van der Waals surface area contributed by atoms with Gasteiger partial charge in [-0.2, -0.15) is 5.10 Å². The topological polar surface area (TPSA) is 174 Å². The lowest BCUT2D eigenvalue weighted by Crippen LogP contribution is -2.05. The van der Waals surface area contributed by atoms with Gasteiger partial charge in [0.1, 0.15) is 40.3 Å². The molecule has 0 aromatic carbocycles. The highest BCUT2D eigenvalue weighted by atomic mass is 15.5. The van der Waals surface area contributed by atoms with Crippen LogP contribution in [0.1, 0.15) is 148 Å². The van der Waals surface area contributed by atoms with Gasteiger partial charge in [-0.25, -0.2) is 54.2 Å². The minimum absolute atomic E-state index is 0.272. The van der Waals surface area contributed by atoms with Crippen molar-refractivity contribution >= 4 is 44.4 Å². The van der Waals surface area contributed by atoms with E-state index in [4.69, 9.17) is 0 Å². The predicted molar refractivity (Wildman–Crippen MR) is 240 cm³/mol. The molecule has 320 valence electrons. The van der Waals surface area contributed by atoms with Crippen LogP contribution in [0.4, 0.5) is 0 Å². The maximum Gasteiger partial charge on any atom is 0.182 e. The Morgan fingerprint density at radius 3 is 1.33 bits per heavy atom. The lowest BCUT2D eigenvalue weighted by molar-refractivity contribution is 0.526. The average molecular weight is 817 g/mol. The first-order chi connectivity index (χ1) is 28.0. The zero-order valence-electron chi connectivity index (χ0n) is 39.5. The van der Waals surface area contributed by atoms with Crippen LogP contribution in [0, 0.1) is 83.1 Å². The number of hydrogen-bond donors (Lipinski definition) is 0. The van der Waals surface area contributed by atoms with Gasteiger partial charge in [0.2, 0.25) is 0 Å².